The maximum Gasteiger partial charge on any atom is 0.0815 e. The van der Waals surface area contributed by atoms with Gasteiger partial charge >= 0.3 is 0 Å². The van der Waals surface area contributed by atoms with Gasteiger partial charge in [-0.1, -0.05) is 42.8 Å². The predicted molar refractivity (Wildman–Crippen MR) is 64.6 cm³/mol. The minimum absolute atomic E-state index is 0.282. The van der Waals surface area contributed by atoms with E-state index in [0.29, 0.717) is 0 Å². The topological polar surface area (TPSA) is 20.2 Å². The van der Waals surface area contributed by atoms with Crippen molar-refractivity contribution < 1.29 is 5.11 Å². The molecule has 0 aliphatic rings. The lowest BCUT2D eigenvalue weighted by atomic mass is 9.92. The molecule has 0 heterocycles. The normalized spacial score (nSPS) is 14.6. The zero-order valence-corrected chi connectivity index (χ0v) is 9.61. The van der Waals surface area contributed by atoms with E-state index in [0.717, 1.165) is 18.4 Å². The Morgan fingerprint density at radius 1 is 1.33 bits per heavy atom. The van der Waals surface area contributed by atoms with E-state index in [2.05, 4.69) is 13.5 Å². The smallest absolute Gasteiger partial charge is 0.0815 e. The van der Waals surface area contributed by atoms with Crippen molar-refractivity contribution in [1.29, 1.82) is 0 Å². The predicted octanol–water partition coefficient (Wildman–Crippen LogP) is 3.71. The van der Waals surface area contributed by atoms with Crippen LogP contribution in [0.5, 0.6) is 0 Å². The van der Waals surface area contributed by atoms with Crippen LogP contribution >= 0.6 is 0 Å². The monoisotopic (exact) mass is 204 g/mol. The summed E-state index contributed by atoms with van der Waals surface area (Å²) < 4.78 is 0. The number of rotatable bonds is 5. The van der Waals surface area contributed by atoms with E-state index in [1.807, 2.05) is 37.3 Å². The minimum atomic E-state index is -0.356. The molecule has 0 bridgehead atoms. The van der Waals surface area contributed by atoms with Gasteiger partial charge in [-0.05, 0) is 31.2 Å². The third kappa shape index (κ3) is 3.88. The summed E-state index contributed by atoms with van der Waals surface area (Å²) in [7, 11) is 0. The van der Waals surface area contributed by atoms with Crippen molar-refractivity contribution in [2.75, 3.05) is 0 Å². The van der Waals surface area contributed by atoms with Crippen LogP contribution in [0.1, 0.15) is 38.4 Å². The van der Waals surface area contributed by atoms with Gasteiger partial charge in [-0.2, -0.15) is 0 Å². The van der Waals surface area contributed by atoms with Crippen molar-refractivity contribution >= 4 is 0 Å². The van der Waals surface area contributed by atoms with Gasteiger partial charge in [0.15, 0.2) is 0 Å². The average molecular weight is 204 g/mol. The third-order valence-electron chi connectivity index (χ3n) is 2.71. The van der Waals surface area contributed by atoms with Crippen LogP contribution in [0.4, 0.5) is 0 Å². The molecule has 1 nitrogen and oxygen atoms in total. The van der Waals surface area contributed by atoms with Crippen molar-refractivity contribution in [2.45, 2.75) is 32.8 Å². The fourth-order valence-electron chi connectivity index (χ4n) is 1.61. The summed E-state index contributed by atoms with van der Waals surface area (Å²) in [6.45, 7) is 7.99. The second-order valence-electron chi connectivity index (χ2n) is 4.33. The van der Waals surface area contributed by atoms with Crippen LogP contribution in [-0.2, 0) is 0 Å². The van der Waals surface area contributed by atoms with Gasteiger partial charge in [0.25, 0.3) is 0 Å². The highest BCUT2D eigenvalue weighted by Crippen LogP contribution is 2.25. The summed E-state index contributed by atoms with van der Waals surface area (Å²) in [5, 5.41) is 10.1. The molecule has 0 aliphatic heterocycles. The molecule has 82 valence electrons. The number of allylic oxidation sites excluding steroid dienone is 1. The Kier molecular flexibility index (Phi) is 4.57. The molecule has 0 aromatic heterocycles. The quantitative estimate of drug-likeness (QED) is 0.725. The van der Waals surface area contributed by atoms with Crippen LogP contribution in [0.2, 0.25) is 0 Å². The number of hydrogen-bond donors (Lipinski definition) is 1. The Labute approximate surface area is 92.5 Å². The molecule has 0 saturated heterocycles. The van der Waals surface area contributed by atoms with Crippen molar-refractivity contribution in [3.05, 3.63) is 48.0 Å². The summed E-state index contributed by atoms with van der Waals surface area (Å²) in [5.74, 6) is 0.282. The zero-order valence-electron chi connectivity index (χ0n) is 9.61. The highest BCUT2D eigenvalue weighted by atomic mass is 16.3. The maximum atomic E-state index is 10.1. The summed E-state index contributed by atoms with van der Waals surface area (Å²) in [6, 6.07) is 9.84. The van der Waals surface area contributed by atoms with Gasteiger partial charge in [0, 0.05) is 0 Å². The highest BCUT2D eigenvalue weighted by Gasteiger charge is 2.15. The first-order chi connectivity index (χ1) is 7.11. The second-order valence-corrected chi connectivity index (χ2v) is 4.33. The van der Waals surface area contributed by atoms with Crippen LogP contribution in [-0.4, -0.2) is 5.11 Å². The summed E-state index contributed by atoms with van der Waals surface area (Å²) in [6.07, 6.45) is 1.63. The minimum Gasteiger partial charge on any atom is -0.388 e. The van der Waals surface area contributed by atoms with Gasteiger partial charge in [0.05, 0.1) is 6.10 Å². The first kappa shape index (κ1) is 12.0. The average Bonchev–Trinajstić information content (AvgIpc) is 2.26. The summed E-state index contributed by atoms with van der Waals surface area (Å²) in [5.41, 5.74) is 2.19. The Morgan fingerprint density at radius 2 is 1.93 bits per heavy atom. The molecule has 1 rings (SSSR count). The summed E-state index contributed by atoms with van der Waals surface area (Å²) in [4.78, 5) is 0. The number of aliphatic hydroxyl groups is 1. The van der Waals surface area contributed by atoms with Crippen LogP contribution < -0.4 is 0 Å². The molecule has 1 aromatic rings. The first-order valence-corrected chi connectivity index (χ1v) is 5.48. The molecule has 0 radical (unpaired) electrons. The Hall–Kier alpha value is -1.08. The van der Waals surface area contributed by atoms with Gasteiger partial charge in [-0.3, -0.25) is 0 Å². The lowest BCUT2D eigenvalue weighted by molar-refractivity contribution is 0.113. The molecule has 0 saturated carbocycles. The number of benzene rings is 1. The molecule has 1 heteroatoms. The van der Waals surface area contributed by atoms with Gasteiger partial charge in [0.1, 0.15) is 0 Å². The molecule has 0 amide bonds. The van der Waals surface area contributed by atoms with Crippen LogP contribution in [0.25, 0.3) is 0 Å². The van der Waals surface area contributed by atoms with Gasteiger partial charge < -0.3 is 5.11 Å². The van der Waals surface area contributed by atoms with Crippen molar-refractivity contribution in [3.63, 3.8) is 0 Å². The molecule has 2 atom stereocenters. The molecule has 0 fully saturated rings. The van der Waals surface area contributed by atoms with Gasteiger partial charge in [-0.25, -0.2) is 0 Å². The molecule has 0 spiro atoms. The van der Waals surface area contributed by atoms with Crippen molar-refractivity contribution in [2.24, 2.45) is 5.92 Å². The molecule has 1 aromatic carbocycles. The van der Waals surface area contributed by atoms with E-state index in [9.17, 15) is 5.11 Å². The SMILES string of the molecule is C=C(C)CCC(C)C(O)c1ccccc1. The molecular weight excluding hydrogens is 184 g/mol. The van der Waals surface area contributed by atoms with E-state index in [-0.39, 0.29) is 12.0 Å². The van der Waals surface area contributed by atoms with E-state index < -0.39 is 0 Å². The number of aliphatic hydroxyl groups excluding tert-OH is 1. The standard InChI is InChI=1S/C14H20O/c1-11(2)9-10-12(3)14(15)13-7-5-4-6-8-13/h4-8,12,14-15H,1,9-10H2,2-3H3. The fourth-order valence-corrected chi connectivity index (χ4v) is 1.61. The van der Waals surface area contributed by atoms with Crippen LogP contribution in [0, 0.1) is 5.92 Å². The van der Waals surface area contributed by atoms with Crippen LogP contribution in [0.3, 0.4) is 0 Å². The number of hydrogen-bond acceptors (Lipinski definition) is 1. The highest BCUT2D eigenvalue weighted by molar-refractivity contribution is 5.17. The van der Waals surface area contributed by atoms with E-state index in [4.69, 9.17) is 0 Å². The lowest BCUT2D eigenvalue weighted by Crippen LogP contribution is -2.09. The van der Waals surface area contributed by atoms with Crippen molar-refractivity contribution in [3.8, 4) is 0 Å². The molecule has 1 N–H and O–H groups in total. The van der Waals surface area contributed by atoms with Gasteiger partial charge in [-0.15, -0.1) is 6.58 Å². The molecular formula is C14H20O. The van der Waals surface area contributed by atoms with Crippen molar-refractivity contribution in [1.82, 2.24) is 0 Å². The molecule has 15 heavy (non-hydrogen) atoms. The largest absolute Gasteiger partial charge is 0.388 e. The Morgan fingerprint density at radius 3 is 2.47 bits per heavy atom. The summed E-state index contributed by atoms with van der Waals surface area (Å²) >= 11 is 0. The Bertz CT molecular complexity index is 302. The Balaban J connectivity index is 2.53. The third-order valence-corrected chi connectivity index (χ3v) is 2.71. The molecule has 0 aliphatic carbocycles. The maximum absolute atomic E-state index is 10.1. The lowest BCUT2D eigenvalue weighted by Gasteiger charge is -2.19. The zero-order chi connectivity index (χ0) is 11.3. The second kappa shape index (κ2) is 5.72. The first-order valence-electron chi connectivity index (χ1n) is 5.48. The van der Waals surface area contributed by atoms with E-state index >= 15 is 0 Å². The van der Waals surface area contributed by atoms with E-state index in [1.165, 1.54) is 5.57 Å². The fraction of sp³-hybridized carbons (Fsp3) is 0.429. The van der Waals surface area contributed by atoms with Gasteiger partial charge in [0.2, 0.25) is 0 Å². The van der Waals surface area contributed by atoms with E-state index in [1.54, 1.807) is 0 Å². The molecule has 2 unspecified atom stereocenters. The van der Waals surface area contributed by atoms with Crippen LogP contribution in [0.15, 0.2) is 42.5 Å².